The Balaban J connectivity index is 2.46. The van der Waals surface area contributed by atoms with Gasteiger partial charge < -0.3 is 5.32 Å². The van der Waals surface area contributed by atoms with E-state index in [1.54, 1.807) is 0 Å². The first kappa shape index (κ1) is 12.1. The minimum Gasteiger partial charge on any atom is -0.312 e. The van der Waals surface area contributed by atoms with Crippen LogP contribution in [-0.4, -0.2) is 12.0 Å². The lowest BCUT2D eigenvalue weighted by atomic mass is 9.97. The predicted octanol–water partition coefficient (Wildman–Crippen LogP) is 3.54. The van der Waals surface area contributed by atoms with E-state index in [-0.39, 0.29) is 0 Å². The fraction of sp³-hybridized carbons (Fsp3) is 0.400. The largest absolute Gasteiger partial charge is 0.312 e. The van der Waals surface area contributed by atoms with Gasteiger partial charge in [0.15, 0.2) is 0 Å². The van der Waals surface area contributed by atoms with Crippen LogP contribution < -0.4 is 5.32 Å². The number of benzene rings is 1. The van der Waals surface area contributed by atoms with Gasteiger partial charge in [-0.2, -0.15) is 0 Å². The Bertz CT molecular complexity index is 486. The molecule has 2 rings (SSSR count). The summed E-state index contributed by atoms with van der Waals surface area (Å²) in [4.78, 5) is 4.57. The molecule has 90 valence electrons. The quantitative estimate of drug-likeness (QED) is 0.865. The fourth-order valence-electron chi connectivity index (χ4n) is 2.26. The van der Waals surface area contributed by atoms with E-state index in [0.29, 0.717) is 12.0 Å². The van der Waals surface area contributed by atoms with Gasteiger partial charge in [0.2, 0.25) is 0 Å². The van der Waals surface area contributed by atoms with Crippen LogP contribution in [0, 0.1) is 5.92 Å². The summed E-state index contributed by atoms with van der Waals surface area (Å²) < 4.78 is 0. The highest BCUT2D eigenvalue weighted by Gasteiger charge is 2.14. The van der Waals surface area contributed by atoms with Crippen LogP contribution >= 0.6 is 0 Å². The van der Waals surface area contributed by atoms with E-state index in [9.17, 15) is 0 Å². The molecule has 2 aromatic rings. The molecule has 1 unspecified atom stereocenters. The second-order valence-corrected chi connectivity index (χ2v) is 4.89. The molecule has 1 N–H and O–H groups in total. The molecule has 2 heteroatoms. The van der Waals surface area contributed by atoms with E-state index in [4.69, 9.17) is 0 Å². The van der Waals surface area contributed by atoms with Crippen molar-refractivity contribution in [1.29, 1.82) is 0 Å². The highest BCUT2D eigenvalue weighted by Crippen LogP contribution is 2.26. The van der Waals surface area contributed by atoms with Crippen molar-refractivity contribution in [2.24, 2.45) is 5.92 Å². The lowest BCUT2D eigenvalue weighted by molar-refractivity contribution is 0.451. The number of hydrogen-bond donors (Lipinski definition) is 1. The van der Waals surface area contributed by atoms with Crippen LogP contribution in [0.5, 0.6) is 0 Å². The Hall–Kier alpha value is -1.41. The number of hydrogen-bond acceptors (Lipinski definition) is 2. The highest BCUT2D eigenvalue weighted by atomic mass is 14.9. The molecule has 17 heavy (non-hydrogen) atoms. The number of nitrogens with one attached hydrogen (secondary N) is 1. The topological polar surface area (TPSA) is 24.9 Å². The molecule has 1 aromatic carbocycles. The molecule has 2 nitrogen and oxygen atoms in total. The van der Waals surface area contributed by atoms with Gasteiger partial charge in [0, 0.05) is 11.6 Å². The SMILES string of the molecule is CNC(CC(C)C)c1nccc2ccccc12. The van der Waals surface area contributed by atoms with Crippen LogP contribution in [0.4, 0.5) is 0 Å². The molecular weight excluding hydrogens is 208 g/mol. The smallest absolute Gasteiger partial charge is 0.0651 e. The van der Waals surface area contributed by atoms with Gasteiger partial charge in [-0.3, -0.25) is 4.98 Å². The molecule has 0 saturated carbocycles. The zero-order valence-corrected chi connectivity index (χ0v) is 10.8. The summed E-state index contributed by atoms with van der Waals surface area (Å²) in [6.07, 6.45) is 3.01. The van der Waals surface area contributed by atoms with Gasteiger partial charge in [-0.25, -0.2) is 0 Å². The number of fused-ring (bicyclic) bond motifs is 1. The van der Waals surface area contributed by atoms with Gasteiger partial charge in [-0.1, -0.05) is 38.1 Å². The van der Waals surface area contributed by atoms with Crippen molar-refractivity contribution < 1.29 is 0 Å². The molecule has 0 bridgehead atoms. The van der Waals surface area contributed by atoms with Gasteiger partial charge in [-0.05, 0) is 30.8 Å². The zero-order chi connectivity index (χ0) is 12.3. The maximum Gasteiger partial charge on any atom is 0.0651 e. The van der Waals surface area contributed by atoms with Gasteiger partial charge >= 0.3 is 0 Å². The summed E-state index contributed by atoms with van der Waals surface area (Å²) in [7, 11) is 2.01. The van der Waals surface area contributed by atoms with Crippen molar-refractivity contribution >= 4 is 10.8 Å². The van der Waals surface area contributed by atoms with Crippen LogP contribution in [-0.2, 0) is 0 Å². The van der Waals surface area contributed by atoms with E-state index in [1.165, 1.54) is 16.5 Å². The average molecular weight is 228 g/mol. The number of pyridine rings is 1. The van der Waals surface area contributed by atoms with Crippen molar-refractivity contribution in [1.82, 2.24) is 10.3 Å². The van der Waals surface area contributed by atoms with E-state index < -0.39 is 0 Å². The minimum atomic E-state index is 0.334. The summed E-state index contributed by atoms with van der Waals surface area (Å²) in [5.74, 6) is 0.660. The van der Waals surface area contributed by atoms with Gasteiger partial charge in [0.25, 0.3) is 0 Å². The number of aromatic nitrogens is 1. The van der Waals surface area contributed by atoms with Crippen molar-refractivity contribution in [3.63, 3.8) is 0 Å². The van der Waals surface area contributed by atoms with Crippen LogP contribution in [0.15, 0.2) is 36.5 Å². The third-order valence-corrected chi connectivity index (χ3v) is 3.09. The van der Waals surface area contributed by atoms with Crippen LogP contribution in [0.2, 0.25) is 0 Å². The van der Waals surface area contributed by atoms with Crippen molar-refractivity contribution in [3.05, 3.63) is 42.2 Å². The fourth-order valence-corrected chi connectivity index (χ4v) is 2.26. The van der Waals surface area contributed by atoms with E-state index >= 15 is 0 Å². The van der Waals surface area contributed by atoms with Crippen LogP contribution in [0.3, 0.4) is 0 Å². The second-order valence-electron chi connectivity index (χ2n) is 4.89. The first-order valence-electron chi connectivity index (χ1n) is 6.23. The molecule has 0 amide bonds. The Morgan fingerprint density at radius 1 is 1.18 bits per heavy atom. The number of nitrogens with zero attached hydrogens (tertiary/aromatic N) is 1. The molecule has 1 heterocycles. The summed E-state index contributed by atoms with van der Waals surface area (Å²) in [5.41, 5.74) is 1.17. The third-order valence-electron chi connectivity index (χ3n) is 3.09. The molecule has 0 fully saturated rings. The monoisotopic (exact) mass is 228 g/mol. The molecule has 0 aliphatic carbocycles. The summed E-state index contributed by atoms with van der Waals surface area (Å²) in [6, 6.07) is 10.9. The van der Waals surface area contributed by atoms with Gasteiger partial charge in [-0.15, -0.1) is 0 Å². The maximum absolute atomic E-state index is 4.57. The minimum absolute atomic E-state index is 0.334. The lowest BCUT2D eigenvalue weighted by Crippen LogP contribution is -2.19. The van der Waals surface area contributed by atoms with Gasteiger partial charge in [0.05, 0.1) is 11.7 Å². The molecule has 0 spiro atoms. The van der Waals surface area contributed by atoms with E-state index in [1.807, 2.05) is 13.2 Å². The second kappa shape index (κ2) is 5.28. The maximum atomic E-state index is 4.57. The Labute approximate surface area is 103 Å². The third kappa shape index (κ3) is 2.64. The highest BCUT2D eigenvalue weighted by molar-refractivity contribution is 5.84. The first-order valence-corrected chi connectivity index (χ1v) is 6.23. The molecule has 0 aliphatic rings. The average Bonchev–Trinajstić information content (AvgIpc) is 2.35. The predicted molar refractivity (Wildman–Crippen MR) is 73.0 cm³/mol. The molecule has 1 atom stereocenters. The Morgan fingerprint density at radius 3 is 2.65 bits per heavy atom. The summed E-state index contributed by atoms with van der Waals surface area (Å²) in [6.45, 7) is 4.49. The summed E-state index contributed by atoms with van der Waals surface area (Å²) in [5, 5.41) is 5.90. The zero-order valence-electron chi connectivity index (χ0n) is 10.8. The standard InChI is InChI=1S/C15H20N2/c1-11(2)10-14(16-3)15-13-7-5-4-6-12(13)8-9-17-15/h4-9,11,14,16H,10H2,1-3H3. The molecule has 0 saturated heterocycles. The molecular formula is C15H20N2. The normalized spacial score (nSPS) is 13.2. The number of rotatable bonds is 4. The van der Waals surface area contributed by atoms with Crippen LogP contribution in [0.25, 0.3) is 10.8 Å². The molecule has 0 radical (unpaired) electrons. The van der Waals surface area contributed by atoms with Crippen molar-refractivity contribution in [2.75, 3.05) is 7.05 Å². The van der Waals surface area contributed by atoms with E-state index in [2.05, 4.69) is 54.5 Å². The van der Waals surface area contributed by atoms with Crippen molar-refractivity contribution in [2.45, 2.75) is 26.3 Å². The van der Waals surface area contributed by atoms with Gasteiger partial charge in [0.1, 0.15) is 0 Å². The summed E-state index contributed by atoms with van der Waals surface area (Å²) >= 11 is 0. The Kier molecular flexibility index (Phi) is 3.75. The first-order chi connectivity index (χ1) is 8.22. The Morgan fingerprint density at radius 2 is 1.94 bits per heavy atom. The van der Waals surface area contributed by atoms with Crippen LogP contribution in [0.1, 0.15) is 32.0 Å². The van der Waals surface area contributed by atoms with Crippen molar-refractivity contribution in [3.8, 4) is 0 Å². The lowest BCUT2D eigenvalue weighted by Gasteiger charge is -2.19. The van der Waals surface area contributed by atoms with E-state index in [0.717, 1.165) is 6.42 Å². The molecule has 0 aliphatic heterocycles. The molecule has 1 aromatic heterocycles.